The van der Waals surface area contributed by atoms with Crippen LogP contribution in [0, 0.1) is 6.92 Å². The van der Waals surface area contributed by atoms with Crippen molar-refractivity contribution >= 4 is 41.0 Å². The maximum Gasteiger partial charge on any atom is 0.327 e. The van der Waals surface area contributed by atoms with Crippen LogP contribution >= 0.6 is 11.8 Å². The predicted molar refractivity (Wildman–Crippen MR) is 146 cm³/mol. The second-order valence-electron chi connectivity index (χ2n) is 9.60. The molecule has 13 heteroatoms. The molecular formula is C27H26N8O4S. The lowest BCUT2D eigenvalue weighted by Crippen LogP contribution is -2.53. The van der Waals surface area contributed by atoms with E-state index in [2.05, 4.69) is 37.4 Å². The predicted octanol–water partition coefficient (Wildman–Crippen LogP) is 3.04. The third kappa shape index (κ3) is 4.72. The number of aromatic nitrogens is 4. The molecule has 1 saturated heterocycles. The lowest BCUT2D eigenvalue weighted by Gasteiger charge is -2.36. The van der Waals surface area contributed by atoms with Gasteiger partial charge in [-0.15, -0.1) is 5.10 Å². The SMILES string of the molecule is C=CC(=O)N1CCCC(NC(=O)[C@@H]2Sc3nccc4c3C2NC(=O)N4c2ccc(Oc3cccnn3)nc2C)C1. The van der Waals surface area contributed by atoms with Crippen LogP contribution in [0.2, 0.25) is 0 Å². The number of carbonyl (C=O) groups excluding carboxylic acids is 3. The molecule has 0 aromatic carbocycles. The highest BCUT2D eigenvalue weighted by atomic mass is 32.2. The van der Waals surface area contributed by atoms with Crippen molar-refractivity contribution in [3.05, 3.63) is 66.6 Å². The van der Waals surface area contributed by atoms with Crippen LogP contribution in [-0.2, 0) is 9.59 Å². The third-order valence-electron chi connectivity index (χ3n) is 7.05. The van der Waals surface area contributed by atoms with Gasteiger partial charge in [-0.25, -0.2) is 14.8 Å². The number of anilines is 2. The molecule has 2 N–H and O–H groups in total. The van der Waals surface area contributed by atoms with Gasteiger partial charge >= 0.3 is 6.03 Å². The minimum Gasteiger partial charge on any atom is -0.419 e. The van der Waals surface area contributed by atoms with Crippen LogP contribution < -0.4 is 20.3 Å². The minimum absolute atomic E-state index is 0.145. The molecule has 3 aliphatic rings. The fraction of sp³-hybridized carbons (Fsp3) is 0.296. The number of amides is 4. The van der Waals surface area contributed by atoms with E-state index in [1.807, 2.05) is 0 Å². The van der Waals surface area contributed by atoms with Gasteiger partial charge in [0, 0.05) is 49.2 Å². The number of carbonyl (C=O) groups is 3. The van der Waals surface area contributed by atoms with E-state index in [-0.39, 0.29) is 23.9 Å². The second-order valence-corrected chi connectivity index (χ2v) is 10.7. The monoisotopic (exact) mass is 558 g/mol. The third-order valence-corrected chi connectivity index (χ3v) is 8.34. The zero-order valence-electron chi connectivity index (χ0n) is 21.6. The number of nitrogens with one attached hydrogen (secondary N) is 2. The quantitative estimate of drug-likeness (QED) is 0.437. The number of thioether (sulfide) groups is 1. The van der Waals surface area contributed by atoms with E-state index >= 15 is 0 Å². The number of rotatable bonds is 6. The molecule has 0 spiro atoms. The van der Waals surface area contributed by atoms with Crippen molar-refractivity contribution in [2.75, 3.05) is 18.0 Å². The molecule has 1 fully saturated rings. The topological polar surface area (TPSA) is 143 Å². The molecule has 0 bridgehead atoms. The number of aryl methyl sites for hydroxylation is 1. The van der Waals surface area contributed by atoms with E-state index < -0.39 is 11.3 Å². The summed E-state index contributed by atoms with van der Waals surface area (Å²) in [6, 6.07) is 7.48. The normalized spacial score (nSPS) is 21.3. The smallest absolute Gasteiger partial charge is 0.327 e. The van der Waals surface area contributed by atoms with Gasteiger partial charge in [-0.05, 0) is 44.0 Å². The fourth-order valence-electron chi connectivity index (χ4n) is 5.24. The number of nitrogens with zero attached hydrogens (tertiary/aromatic N) is 6. The summed E-state index contributed by atoms with van der Waals surface area (Å²) in [4.78, 5) is 51.3. The van der Waals surface area contributed by atoms with E-state index in [0.29, 0.717) is 46.9 Å². The average Bonchev–Trinajstić information content (AvgIpc) is 3.33. The number of hydrogen-bond donors (Lipinski definition) is 2. The highest BCUT2D eigenvalue weighted by Crippen LogP contribution is 2.50. The van der Waals surface area contributed by atoms with Gasteiger partial charge in [0.2, 0.25) is 23.6 Å². The summed E-state index contributed by atoms with van der Waals surface area (Å²) in [7, 11) is 0. The average molecular weight is 559 g/mol. The minimum atomic E-state index is -0.595. The second kappa shape index (κ2) is 10.6. The van der Waals surface area contributed by atoms with Gasteiger partial charge in [0.25, 0.3) is 0 Å². The Hall–Kier alpha value is -4.52. The maximum atomic E-state index is 13.5. The molecular weight excluding hydrogens is 532 g/mol. The molecule has 204 valence electrons. The van der Waals surface area contributed by atoms with E-state index in [4.69, 9.17) is 4.74 Å². The summed E-state index contributed by atoms with van der Waals surface area (Å²) in [5.74, 6) is 0.282. The number of hydrogen-bond acceptors (Lipinski definition) is 9. The zero-order chi connectivity index (χ0) is 27.8. The Morgan fingerprint density at radius 3 is 2.85 bits per heavy atom. The van der Waals surface area contributed by atoms with Crippen molar-refractivity contribution in [2.45, 2.75) is 42.1 Å². The molecule has 4 amide bonds. The van der Waals surface area contributed by atoms with Crippen molar-refractivity contribution in [3.8, 4) is 11.8 Å². The molecule has 0 saturated carbocycles. The first-order chi connectivity index (χ1) is 19.4. The van der Waals surface area contributed by atoms with Crippen molar-refractivity contribution in [1.29, 1.82) is 0 Å². The van der Waals surface area contributed by atoms with E-state index in [1.165, 1.54) is 17.8 Å². The molecule has 6 rings (SSSR count). The van der Waals surface area contributed by atoms with Crippen molar-refractivity contribution in [2.24, 2.45) is 0 Å². The van der Waals surface area contributed by atoms with Crippen LogP contribution in [0.25, 0.3) is 0 Å². The molecule has 6 heterocycles. The molecule has 0 aliphatic carbocycles. The van der Waals surface area contributed by atoms with Crippen LogP contribution in [0.15, 0.2) is 60.4 Å². The van der Waals surface area contributed by atoms with Gasteiger partial charge in [0.05, 0.1) is 23.1 Å². The molecule has 2 unspecified atom stereocenters. The van der Waals surface area contributed by atoms with Gasteiger partial charge in [0.15, 0.2) is 0 Å². The van der Waals surface area contributed by atoms with Crippen LogP contribution in [-0.4, -0.2) is 67.3 Å². The summed E-state index contributed by atoms with van der Waals surface area (Å²) in [5.41, 5.74) is 2.58. The Morgan fingerprint density at radius 2 is 2.08 bits per heavy atom. The van der Waals surface area contributed by atoms with Crippen LogP contribution in [0.1, 0.15) is 30.1 Å². The standard InChI is InChI=1S/C27H26N8O4S/c1-3-21(36)34-13-5-6-16(14-34)31-25(37)24-23-22-18(10-12-28-26(22)40-24)35(27(38)32-23)17-8-9-19(30-15(17)2)39-20-7-4-11-29-33-20/h3-4,7-12,16,23-24H,1,5-6,13-14H2,2H3,(H,31,37)(H,32,38)/t16?,23?,24-/m1/s1. The Balaban J connectivity index is 1.23. The van der Waals surface area contributed by atoms with Gasteiger partial charge < -0.3 is 20.3 Å². The zero-order valence-corrected chi connectivity index (χ0v) is 22.4. The molecule has 12 nitrogen and oxygen atoms in total. The fourth-order valence-corrected chi connectivity index (χ4v) is 6.48. The lowest BCUT2D eigenvalue weighted by molar-refractivity contribution is -0.129. The summed E-state index contributed by atoms with van der Waals surface area (Å²) in [6.45, 7) is 6.42. The summed E-state index contributed by atoms with van der Waals surface area (Å²) in [6.07, 6.45) is 6.04. The number of urea groups is 1. The summed E-state index contributed by atoms with van der Waals surface area (Å²) < 4.78 is 5.68. The maximum absolute atomic E-state index is 13.5. The number of piperidine rings is 1. The van der Waals surface area contributed by atoms with Crippen LogP contribution in [0.5, 0.6) is 11.8 Å². The summed E-state index contributed by atoms with van der Waals surface area (Å²) >= 11 is 1.33. The Labute approximate surface area is 234 Å². The van der Waals surface area contributed by atoms with Gasteiger partial charge in [-0.2, -0.15) is 5.10 Å². The lowest BCUT2D eigenvalue weighted by atomic mass is 9.99. The Morgan fingerprint density at radius 1 is 1.20 bits per heavy atom. The molecule has 3 aliphatic heterocycles. The number of pyridine rings is 2. The largest absolute Gasteiger partial charge is 0.419 e. The first-order valence-corrected chi connectivity index (χ1v) is 13.7. The van der Waals surface area contributed by atoms with E-state index in [9.17, 15) is 14.4 Å². The number of likely N-dealkylation sites (tertiary alicyclic amines) is 1. The molecule has 0 radical (unpaired) electrons. The first-order valence-electron chi connectivity index (χ1n) is 12.8. The van der Waals surface area contributed by atoms with E-state index in [1.54, 1.807) is 59.4 Å². The molecule has 3 atom stereocenters. The van der Waals surface area contributed by atoms with Gasteiger partial charge in [0.1, 0.15) is 10.3 Å². The van der Waals surface area contributed by atoms with E-state index in [0.717, 1.165) is 18.4 Å². The number of ether oxygens (including phenoxy) is 1. The highest BCUT2D eigenvalue weighted by Gasteiger charge is 2.47. The van der Waals surface area contributed by atoms with Gasteiger partial charge in [-0.3, -0.25) is 14.5 Å². The Bertz CT molecular complexity index is 1500. The van der Waals surface area contributed by atoms with Gasteiger partial charge in [-0.1, -0.05) is 18.3 Å². The van der Waals surface area contributed by atoms with Crippen molar-refractivity contribution < 1.29 is 19.1 Å². The van der Waals surface area contributed by atoms with Crippen LogP contribution in [0.3, 0.4) is 0 Å². The van der Waals surface area contributed by atoms with Crippen LogP contribution in [0.4, 0.5) is 16.2 Å². The van der Waals surface area contributed by atoms with Crippen molar-refractivity contribution in [1.82, 2.24) is 35.7 Å². The first kappa shape index (κ1) is 25.7. The summed E-state index contributed by atoms with van der Waals surface area (Å²) in [5, 5.41) is 13.9. The van der Waals surface area contributed by atoms with Crippen molar-refractivity contribution in [3.63, 3.8) is 0 Å². The molecule has 40 heavy (non-hydrogen) atoms. The molecule has 3 aromatic rings. The Kier molecular flexibility index (Phi) is 6.80. The highest BCUT2D eigenvalue weighted by molar-refractivity contribution is 8.01. The molecule has 3 aromatic heterocycles.